The number of aryl methyl sites for hydroxylation is 1. The van der Waals surface area contributed by atoms with E-state index in [0.717, 1.165) is 9.75 Å². The van der Waals surface area contributed by atoms with Crippen molar-refractivity contribution >= 4 is 21.4 Å². The summed E-state index contributed by atoms with van der Waals surface area (Å²) in [6.07, 6.45) is 0. The Balaban J connectivity index is 3.19. The smallest absolute Gasteiger partial charge is 0.244 e. The zero-order valence-electron chi connectivity index (χ0n) is 13.2. The third-order valence-corrected chi connectivity index (χ3v) is 6.33. The van der Waals surface area contributed by atoms with Crippen LogP contribution in [0.5, 0.6) is 0 Å². The number of hydrogen-bond acceptors (Lipinski definition) is 4. The Labute approximate surface area is 127 Å². The fraction of sp³-hybridized carbons (Fsp3) is 0.714. The molecule has 1 heterocycles. The van der Waals surface area contributed by atoms with E-state index in [1.54, 1.807) is 15.6 Å². The Kier molecular flexibility index (Phi) is 6.19. The second-order valence-electron chi connectivity index (χ2n) is 5.73. The van der Waals surface area contributed by atoms with Crippen LogP contribution in [0.2, 0.25) is 0 Å². The van der Waals surface area contributed by atoms with E-state index in [1.165, 1.54) is 0 Å². The molecule has 0 aliphatic heterocycles. The average Bonchev–Trinajstić information content (AvgIpc) is 2.67. The molecule has 0 saturated carbocycles. The van der Waals surface area contributed by atoms with Gasteiger partial charge in [0.25, 0.3) is 0 Å². The Morgan fingerprint density at radius 3 is 2.35 bits per heavy atom. The zero-order valence-corrected chi connectivity index (χ0v) is 14.9. The SMILES string of the molecule is CNCc1cc(S(=O)(=O)N(CC(C)C)C(C)C)c(C)s1. The van der Waals surface area contributed by atoms with Gasteiger partial charge in [0.2, 0.25) is 10.0 Å². The molecular formula is C14H26N2O2S2. The second-order valence-corrected chi connectivity index (χ2v) is 8.93. The van der Waals surface area contributed by atoms with E-state index in [9.17, 15) is 8.42 Å². The molecular weight excluding hydrogens is 292 g/mol. The largest absolute Gasteiger partial charge is 0.315 e. The Bertz CT molecular complexity index is 533. The Morgan fingerprint density at radius 2 is 1.90 bits per heavy atom. The van der Waals surface area contributed by atoms with Crippen molar-refractivity contribution in [2.24, 2.45) is 5.92 Å². The summed E-state index contributed by atoms with van der Waals surface area (Å²) in [6.45, 7) is 11.1. The van der Waals surface area contributed by atoms with Crippen molar-refractivity contribution in [2.45, 2.75) is 52.1 Å². The molecule has 0 amide bonds. The average molecular weight is 319 g/mol. The molecule has 0 aliphatic rings. The predicted molar refractivity (Wildman–Crippen MR) is 85.7 cm³/mol. The van der Waals surface area contributed by atoms with Crippen LogP contribution in [0.15, 0.2) is 11.0 Å². The molecule has 1 N–H and O–H groups in total. The van der Waals surface area contributed by atoms with Crippen LogP contribution in [0.3, 0.4) is 0 Å². The number of hydrogen-bond donors (Lipinski definition) is 1. The molecule has 6 heteroatoms. The number of nitrogens with one attached hydrogen (secondary N) is 1. The maximum absolute atomic E-state index is 12.9. The highest BCUT2D eigenvalue weighted by molar-refractivity contribution is 7.89. The first kappa shape index (κ1) is 17.6. The third-order valence-electron chi connectivity index (χ3n) is 2.98. The zero-order chi connectivity index (χ0) is 15.5. The summed E-state index contributed by atoms with van der Waals surface area (Å²) >= 11 is 1.55. The van der Waals surface area contributed by atoms with Gasteiger partial charge < -0.3 is 5.32 Å². The van der Waals surface area contributed by atoms with Crippen molar-refractivity contribution in [2.75, 3.05) is 13.6 Å². The summed E-state index contributed by atoms with van der Waals surface area (Å²) in [5, 5.41) is 3.06. The Hall–Kier alpha value is -0.430. The summed E-state index contributed by atoms with van der Waals surface area (Å²) in [7, 11) is -1.54. The van der Waals surface area contributed by atoms with Gasteiger partial charge in [0.1, 0.15) is 0 Å². The molecule has 0 atom stereocenters. The van der Waals surface area contributed by atoms with Gasteiger partial charge in [-0.25, -0.2) is 8.42 Å². The van der Waals surface area contributed by atoms with E-state index in [-0.39, 0.29) is 6.04 Å². The summed E-state index contributed by atoms with van der Waals surface area (Å²) in [5.74, 6) is 0.308. The highest BCUT2D eigenvalue weighted by atomic mass is 32.2. The first-order chi connectivity index (χ1) is 9.20. The van der Waals surface area contributed by atoms with Crippen LogP contribution < -0.4 is 5.32 Å². The predicted octanol–water partition coefficient (Wildman–Crippen LogP) is 2.83. The molecule has 0 unspecified atom stereocenters. The second kappa shape index (κ2) is 7.02. The van der Waals surface area contributed by atoms with Crippen molar-refractivity contribution in [1.82, 2.24) is 9.62 Å². The summed E-state index contributed by atoms with van der Waals surface area (Å²) in [4.78, 5) is 2.38. The van der Waals surface area contributed by atoms with E-state index >= 15 is 0 Å². The lowest BCUT2D eigenvalue weighted by atomic mass is 10.2. The minimum absolute atomic E-state index is 0.0329. The van der Waals surface area contributed by atoms with Gasteiger partial charge in [0.05, 0.1) is 4.90 Å². The van der Waals surface area contributed by atoms with E-state index in [1.807, 2.05) is 47.7 Å². The van der Waals surface area contributed by atoms with Gasteiger partial charge in [-0.1, -0.05) is 13.8 Å². The highest BCUT2D eigenvalue weighted by Crippen LogP contribution is 2.29. The van der Waals surface area contributed by atoms with Crippen LogP contribution in [0.25, 0.3) is 0 Å². The van der Waals surface area contributed by atoms with E-state index in [0.29, 0.717) is 23.9 Å². The van der Waals surface area contributed by atoms with Gasteiger partial charge in [-0.05, 0) is 39.8 Å². The molecule has 0 aromatic carbocycles. The molecule has 4 nitrogen and oxygen atoms in total. The molecule has 1 aromatic heterocycles. The van der Waals surface area contributed by atoms with Gasteiger partial charge in [0, 0.05) is 28.9 Å². The van der Waals surface area contributed by atoms with Crippen LogP contribution in [0.4, 0.5) is 0 Å². The van der Waals surface area contributed by atoms with Crippen LogP contribution in [0.1, 0.15) is 37.4 Å². The van der Waals surface area contributed by atoms with Crippen LogP contribution in [-0.2, 0) is 16.6 Å². The Morgan fingerprint density at radius 1 is 1.30 bits per heavy atom. The standard InChI is InChI=1S/C14H26N2O2S2/c1-10(2)9-16(11(3)4)20(17,18)14-7-13(8-15-6)19-12(14)5/h7,10-11,15H,8-9H2,1-6H3. The van der Waals surface area contributed by atoms with Crippen molar-refractivity contribution in [3.63, 3.8) is 0 Å². The maximum atomic E-state index is 12.9. The molecule has 0 fully saturated rings. The number of nitrogens with zero attached hydrogens (tertiary/aromatic N) is 1. The van der Waals surface area contributed by atoms with Gasteiger partial charge in [-0.2, -0.15) is 4.31 Å². The number of sulfonamides is 1. The lowest BCUT2D eigenvalue weighted by Gasteiger charge is -2.27. The molecule has 1 aromatic rings. The molecule has 0 saturated heterocycles. The highest BCUT2D eigenvalue weighted by Gasteiger charge is 2.30. The van der Waals surface area contributed by atoms with Crippen LogP contribution >= 0.6 is 11.3 Å². The van der Waals surface area contributed by atoms with E-state index in [2.05, 4.69) is 5.32 Å². The third kappa shape index (κ3) is 4.04. The first-order valence-corrected chi connectivity index (χ1v) is 9.21. The topological polar surface area (TPSA) is 49.4 Å². The lowest BCUT2D eigenvalue weighted by Crippen LogP contribution is -2.39. The van der Waals surface area contributed by atoms with Crippen molar-refractivity contribution in [3.05, 3.63) is 15.8 Å². The maximum Gasteiger partial charge on any atom is 0.244 e. The molecule has 0 radical (unpaired) electrons. The molecule has 0 bridgehead atoms. The molecule has 0 spiro atoms. The van der Waals surface area contributed by atoms with Gasteiger partial charge in [0.15, 0.2) is 0 Å². The quantitative estimate of drug-likeness (QED) is 0.841. The van der Waals surface area contributed by atoms with Crippen molar-refractivity contribution in [1.29, 1.82) is 0 Å². The van der Waals surface area contributed by atoms with Gasteiger partial charge in [-0.3, -0.25) is 0 Å². The molecule has 0 aliphatic carbocycles. The molecule has 116 valence electrons. The van der Waals surface area contributed by atoms with E-state index < -0.39 is 10.0 Å². The summed E-state index contributed by atoms with van der Waals surface area (Å²) in [6, 6.07) is 1.77. The van der Waals surface area contributed by atoms with Crippen molar-refractivity contribution in [3.8, 4) is 0 Å². The normalized spacial score (nSPS) is 12.8. The monoisotopic (exact) mass is 318 g/mol. The molecule has 1 rings (SSSR count). The fourth-order valence-corrected chi connectivity index (χ4v) is 5.53. The minimum atomic E-state index is -3.41. The van der Waals surface area contributed by atoms with Crippen molar-refractivity contribution < 1.29 is 8.42 Å². The van der Waals surface area contributed by atoms with Gasteiger partial charge in [-0.15, -0.1) is 11.3 Å². The fourth-order valence-electron chi connectivity index (χ4n) is 2.11. The number of thiophene rings is 1. The first-order valence-electron chi connectivity index (χ1n) is 6.95. The number of rotatable bonds is 7. The van der Waals surface area contributed by atoms with E-state index in [4.69, 9.17) is 0 Å². The lowest BCUT2D eigenvalue weighted by molar-refractivity contribution is 0.319. The minimum Gasteiger partial charge on any atom is -0.315 e. The summed E-state index contributed by atoms with van der Waals surface area (Å²) < 4.78 is 27.3. The van der Waals surface area contributed by atoms with Gasteiger partial charge >= 0.3 is 0 Å². The summed E-state index contributed by atoms with van der Waals surface area (Å²) in [5.41, 5.74) is 0. The molecule has 20 heavy (non-hydrogen) atoms. The van der Waals surface area contributed by atoms with Crippen LogP contribution in [0, 0.1) is 12.8 Å². The van der Waals surface area contributed by atoms with Crippen LogP contribution in [-0.4, -0.2) is 32.4 Å².